The summed E-state index contributed by atoms with van der Waals surface area (Å²) in [7, 11) is 0. The van der Waals surface area contributed by atoms with Gasteiger partial charge < -0.3 is 10.4 Å². The molecule has 1 aliphatic carbocycles. The third-order valence-electron chi connectivity index (χ3n) is 2.79. The lowest BCUT2D eigenvalue weighted by molar-refractivity contribution is 0.117. The highest BCUT2D eigenvalue weighted by Gasteiger charge is 2.18. The van der Waals surface area contributed by atoms with Crippen LogP contribution in [0.25, 0.3) is 0 Å². The van der Waals surface area contributed by atoms with Crippen LogP contribution < -0.4 is 5.32 Å². The van der Waals surface area contributed by atoms with E-state index in [1.54, 1.807) is 0 Å². The average Bonchev–Trinajstić information content (AvgIpc) is 2.16. The van der Waals surface area contributed by atoms with Gasteiger partial charge in [0, 0.05) is 17.8 Å². The summed E-state index contributed by atoms with van der Waals surface area (Å²) in [4.78, 5) is 0. The van der Waals surface area contributed by atoms with E-state index in [9.17, 15) is 5.11 Å². The Kier molecular flexibility index (Phi) is 5.14. The summed E-state index contributed by atoms with van der Waals surface area (Å²) in [6.07, 6.45) is 6.36. The molecule has 0 amide bonds. The molecule has 0 aromatic carbocycles. The molecule has 0 saturated heterocycles. The molecule has 0 bridgehead atoms. The molecule has 0 radical (unpaired) electrons. The second-order valence-corrected chi connectivity index (χ2v) is 5.24. The molecule has 1 saturated carbocycles. The Morgan fingerprint density at radius 2 is 2.00 bits per heavy atom. The molecule has 0 aromatic heterocycles. The molecule has 1 fully saturated rings. The molecule has 0 spiro atoms. The van der Waals surface area contributed by atoms with Gasteiger partial charge in [-0.25, -0.2) is 0 Å². The molecule has 0 heterocycles. The van der Waals surface area contributed by atoms with Crippen LogP contribution in [-0.4, -0.2) is 35.3 Å². The van der Waals surface area contributed by atoms with Crippen LogP contribution in [0.5, 0.6) is 0 Å². The lowest BCUT2D eigenvalue weighted by atomic mass is 9.93. The number of hydrogen-bond donors (Lipinski definition) is 2. The van der Waals surface area contributed by atoms with Gasteiger partial charge in [0.1, 0.15) is 0 Å². The molecular weight excluding hydrogens is 182 g/mol. The highest BCUT2D eigenvalue weighted by atomic mass is 32.2. The van der Waals surface area contributed by atoms with Gasteiger partial charge in [-0.2, -0.15) is 11.8 Å². The normalized spacial score (nSPS) is 31.6. The summed E-state index contributed by atoms with van der Waals surface area (Å²) >= 11 is 1.90. The fourth-order valence-electron chi connectivity index (χ4n) is 1.70. The van der Waals surface area contributed by atoms with Gasteiger partial charge in [0.15, 0.2) is 0 Å². The second kappa shape index (κ2) is 5.89. The van der Waals surface area contributed by atoms with Crippen molar-refractivity contribution >= 4 is 11.8 Å². The number of aliphatic hydroxyl groups excluding tert-OH is 1. The molecule has 0 aliphatic heterocycles. The first-order valence-corrected chi connectivity index (χ1v) is 6.45. The zero-order chi connectivity index (χ0) is 9.68. The summed E-state index contributed by atoms with van der Waals surface area (Å²) in [5, 5.41) is 13.6. The lowest BCUT2D eigenvalue weighted by Crippen LogP contribution is -2.37. The van der Waals surface area contributed by atoms with Crippen LogP contribution in [0.4, 0.5) is 0 Å². The molecule has 2 N–H and O–H groups in total. The Morgan fingerprint density at radius 1 is 1.38 bits per heavy atom. The number of rotatable bonds is 4. The number of hydrogen-bond acceptors (Lipinski definition) is 3. The Bertz CT molecular complexity index is 135. The van der Waals surface area contributed by atoms with Gasteiger partial charge in [-0.15, -0.1) is 0 Å². The minimum Gasteiger partial charge on any atom is -0.393 e. The van der Waals surface area contributed by atoms with Crippen LogP contribution >= 0.6 is 11.8 Å². The third kappa shape index (κ3) is 4.34. The van der Waals surface area contributed by atoms with Gasteiger partial charge in [-0.1, -0.05) is 6.92 Å². The molecule has 3 heteroatoms. The fraction of sp³-hybridized carbons (Fsp3) is 1.00. The van der Waals surface area contributed by atoms with E-state index >= 15 is 0 Å². The van der Waals surface area contributed by atoms with Crippen LogP contribution in [0.1, 0.15) is 32.6 Å². The van der Waals surface area contributed by atoms with Gasteiger partial charge in [-0.3, -0.25) is 0 Å². The standard InChI is InChI=1S/C10H21NOS/c1-8(13-2)7-11-9-3-5-10(12)6-4-9/h8-12H,3-7H2,1-2H3. The van der Waals surface area contributed by atoms with Gasteiger partial charge in [0.25, 0.3) is 0 Å². The molecule has 78 valence electrons. The van der Waals surface area contributed by atoms with Crippen molar-refractivity contribution in [3.05, 3.63) is 0 Å². The number of thioether (sulfide) groups is 1. The first-order valence-electron chi connectivity index (χ1n) is 5.16. The summed E-state index contributed by atoms with van der Waals surface area (Å²) in [5.41, 5.74) is 0. The lowest BCUT2D eigenvalue weighted by Gasteiger charge is -2.27. The Hall–Kier alpha value is 0.270. The smallest absolute Gasteiger partial charge is 0.0541 e. The topological polar surface area (TPSA) is 32.3 Å². The molecule has 1 aliphatic rings. The second-order valence-electron chi connectivity index (χ2n) is 3.96. The van der Waals surface area contributed by atoms with E-state index in [0.717, 1.165) is 32.2 Å². The SMILES string of the molecule is CSC(C)CNC1CCC(O)CC1. The van der Waals surface area contributed by atoms with Gasteiger partial charge in [-0.05, 0) is 31.9 Å². The van der Waals surface area contributed by atoms with Crippen molar-refractivity contribution in [2.45, 2.75) is 50.0 Å². The average molecular weight is 203 g/mol. The molecule has 13 heavy (non-hydrogen) atoms. The molecule has 0 aromatic rings. The van der Waals surface area contributed by atoms with Crippen LogP contribution in [0.15, 0.2) is 0 Å². The quantitative estimate of drug-likeness (QED) is 0.728. The molecule has 1 unspecified atom stereocenters. The zero-order valence-electron chi connectivity index (χ0n) is 8.62. The molecule has 1 atom stereocenters. The van der Waals surface area contributed by atoms with E-state index in [1.165, 1.54) is 0 Å². The Morgan fingerprint density at radius 3 is 2.54 bits per heavy atom. The molecule has 2 nitrogen and oxygen atoms in total. The van der Waals surface area contributed by atoms with E-state index in [4.69, 9.17) is 0 Å². The summed E-state index contributed by atoms with van der Waals surface area (Å²) in [6.45, 7) is 3.34. The first-order chi connectivity index (χ1) is 6.22. The van der Waals surface area contributed by atoms with E-state index < -0.39 is 0 Å². The maximum Gasteiger partial charge on any atom is 0.0541 e. The maximum absolute atomic E-state index is 9.32. The summed E-state index contributed by atoms with van der Waals surface area (Å²) in [6, 6.07) is 0.651. The molecule has 1 rings (SSSR count). The Balaban J connectivity index is 2.08. The number of nitrogens with one attached hydrogen (secondary N) is 1. The van der Waals surface area contributed by atoms with Crippen LogP contribution in [-0.2, 0) is 0 Å². The van der Waals surface area contributed by atoms with Crippen LogP contribution in [0, 0.1) is 0 Å². The maximum atomic E-state index is 9.32. The minimum atomic E-state index is -0.0315. The summed E-state index contributed by atoms with van der Waals surface area (Å²) in [5.74, 6) is 0. The predicted molar refractivity (Wildman–Crippen MR) is 59.2 cm³/mol. The van der Waals surface area contributed by atoms with Crippen molar-refractivity contribution in [3.8, 4) is 0 Å². The van der Waals surface area contributed by atoms with Gasteiger partial charge in [0.05, 0.1) is 6.10 Å². The van der Waals surface area contributed by atoms with Crippen molar-refractivity contribution in [2.75, 3.05) is 12.8 Å². The largest absolute Gasteiger partial charge is 0.393 e. The predicted octanol–water partition coefficient (Wildman–Crippen LogP) is 1.63. The zero-order valence-corrected chi connectivity index (χ0v) is 9.44. The monoisotopic (exact) mass is 203 g/mol. The number of aliphatic hydroxyl groups is 1. The van der Waals surface area contributed by atoms with Crippen molar-refractivity contribution in [1.82, 2.24) is 5.32 Å². The van der Waals surface area contributed by atoms with Gasteiger partial charge >= 0.3 is 0 Å². The van der Waals surface area contributed by atoms with Crippen molar-refractivity contribution in [3.63, 3.8) is 0 Å². The van der Waals surface area contributed by atoms with E-state index in [2.05, 4.69) is 18.5 Å². The minimum absolute atomic E-state index is 0.0315. The van der Waals surface area contributed by atoms with Crippen molar-refractivity contribution in [2.24, 2.45) is 0 Å². The summed E-state index contributed by atoms with van der Waals surface area (Å²) < 4.78 is 0. The van der Waals surface area contributed by atoms with Gasteiger partial charge in [0.2, 0.25) is 0 Å². The van der Waals surface area contributed by atoms with E-state index in [-0.39, 0.29) is 6.10 Å². The van der Waals surface area contributed by atoms with Crippen molar-refractivity contribution < 1.29 is 5.11 Å². The van der Waals surface area contributed by atoms with E-state index in [1.807, 2.05) is 11.8 Å². The van der Waals surface area contributed by atoms with E-state index in [0.29, 0.717) is 11.3 Å². The van der Waals surface area contributed by atoms with Crippen molar-refractivity contribution in [1.29, 1.82) is 0 Å². The highest BCUT2D eigenvalue weighted by Crippen LogP contribution is 2.18. The Labute approximate surface area is 85.5 Å². The third-order valence-corrected chi connectivity index (χ3v) is 3.76. The highest BCUT2D eigenvalue weighted by molar-refractivity contribution is 7.99. The molecular formula is C10H21NOS. The fourth-order valence-corrected chi connectivity index (χ4v) is 1.96. The van der Waals surface area contributed by atoms with Crippen LogP contribution in [0.3, 0.4) is 0 Å². The van der Waals surface area contributed by atoms with Crippen LogP contribution in [0.2, 0.25) is 0 Å². The first kappa shape index (κ1) is 11.3.